The molecule has 2 aliphatic rings. The highest BCUT2D eigenvalue weighted by Crippen LogP contribution is 2.44. The molecule has 0 saturated heterocycles. The van der Waals surface area contributed by atoms with Crippen LogP contribution >= 0.6 is 11.6 Å². The summed E-state index contributed by atoms with van der Waals surface area (Å²) in [6.45, 7) is 3.73. The van der Waals surface area contributed by atoms with Gasteiger partial charge in [-0.1, -0.05) is 49.6 Å². The molecule has 1 atom stereocenters. The largest absolute Gasteiger partial charge is 0.462 e. The van der Waals surface area contributed by atoms with Crippen molar-refractivity contribution < 1.29 is 23.8 Å². The first-order valence-electron chi connectivity index (χ1n) is 10.5. The number of hydrogen-bond acceptors (Lipinski definition) is 6. The summed E-state index contributed by atoms with van der Waals surface area (Å²) in [5.41, 5.74) is -0.646. The van der Waals surface area contributed by atoms with Crippen molar-refractivity contribution in [2.75, 3.05) is 19.1 Å². The van der Waals surface area contributed by atoms with E-state index < -0.39 is 17.5 Å². The Kier molecular flexibility index (Phi) is 7.53. The van der Waals surface area contributed by atoms with Crippen LogP contribution in [0.4, 0.5) is 0 Å². The van der Waals surface area contributed by atoms with Crippen LogP contribution in [0.3, 0.4) is 0 Å². The van der Waals surface area contributed by atoms with E-state index in [0.717, 1.165) is 25.7 Å². The fourth-order valence-corrected chi connectivity index (χ4v) is 4.33. The SMILES string of the molecule is CCOC(=O)C1=C(C(=O)OCC)C(CCl)(c2ccccc2)OC1=NC1CCCCC1. The normalized spacial score (nSPS) is 23.4. The molecule has 0 radical (unpaired) electrons. The third-order valence-corrected chi connectivity index (χ3v) is 5.78. The van der Waals surface area contributed by atoms with Gasteiger partial charge < -0.3 is 14.2 Å². The number of carbonyl (C=O) groups is 2. The number of ether oxygens (including phenoxy) is 3. The average molecular weight is 434 g/mol. The smallest absolute Gasteiger partial charge is 0.344 e. The zero-order valence-electron chi connectivity index (χ0n) is 17.5. The van der Waals surface area contributed by atoms with Crippen molar-refractivity contribution in [2.45, 2.75) is 57.6 Å². The first kappa shape index (κ1) is 22.3. The van der Waals surface area contributed by atoms with Crippen LogP contribution in [0.2, 0.25) is 0 Å². The number of esters is 2. The van der Waals surface area contributed by atoms with E-state index in [9.17, 15) is 9.59 Å². The van der Waals surface area contributed by atoms with E-state index in [1.54, 1.807) is 13.8 Å². The van der Waals surface area contributed by atoms with Crippen LogP contribution < -0.4 is 0 Å². The molecule has 1 fully saturated rings. The van der Waals surface area contributed by atoms with Crippen LogP contribution in [0.15, 0.2) is 46.5 Å². The fourth-order valence-electron chi connectivity index (χ4n) is 3.99. The molecule has 1 heterocycles. The Hall–Kier alpha value is -2.34. The number of hydrogen-bond donors (Lipinski definition) is 0. The van der Waals surface area contributed by atoms with Crippen molar-refractivity contribution in [1.29, 1.82) is 0 Å². The Morgan fingerprint density at radius 2 is 1.70 bits per heavy atom. The molecule has 30 heavy (non-hydrogen) atoms. The standard InChI is InChI=1S/C23H28ClNO5/c1-3-28-21(26)18-19(22(27)29-4-2)23(15-24,16-11-7-5-8-12-16)30-20(18)25-17-13-9-6-10-14-17/h5,7-8,11-12,17H,3-4,6,9-10,13-15H2,1-2H3. The van der Waals surface area contributed by atoms with E-state index in [0.29, 0.717) is 5.56 Å². The van der Waals surface area contributed by atoms with Crippen LogP contribution in [0, 0.1) is 0 Å². The molecule has 0 aromatic heterocycles. The molecule has 1 aliphatic carbocycles. The Morgan fingerprint density at radius 1 is 1.07 bits per heavy atom. The van der Waals surface area contributed by atoms with Crippen LogP contribution in [-0.4, -0.2) is 43.0 Å². The number of aliphatic imine (C=N–C) groups is 1. The number of carbonyl (C=O) groups excluding carboxylic acids is 2. The molecule has 0 spiro atoms. The maximum Gasteiger partial charge on any atom is 0.344 e. The van der Waals surface area contributed by atoms with E-state index in [1.165, 1.54) is 6.42 Å². The van der Waals surface area contributed by atoms with Gasteiger partial charge in [-0.05, 0) is 26.7 Å². The summed E-state index contributed by atoms with van der Waals surface area (Å²) in [6.07, 6.45) is 5.15. The lowest BCUT2D eigenvalue weighted by atomic mass is 9.86. The van der Waals surface area contributed by atoms with Crippen LogP contribution in [-0.2, 0) is 29.4 Å². The van der Waals surface area contributed by atoms with Crippen LogP contribution in [0.25, 0.3) is 0 Å². The van der Waals surface area contributed by atoms with Crippen molar-refractivity contribution in [3.05, 3.63) is 47.0 Å². The Balaban J connectivity index is 2.20. The number of alkyl halides is 1. The molecule has 1 aromatic rings. The number of benzene rings is 1. The van der Waals surface area contributed by atoms with E-state index in [-0.39, 0.29) is 42.2 Å². The first-order valence-corrected chi connectivity index (χ1v) is 11.1. The summed E-state index contributed by atoms with van der Waals surface area (Å²) >= 11 is 6.42. The quantitative estimate of drug-likeness (QED) is 0.473. The summed E-state index contributed by atoms with van der Waals surface area (Å²) in [4.78, 5) is 30.8. The number of halogens is 1. The monoisotopic (exact) mass is 433 g/mol. The second-order valence-electron chi connectivity index (χ2n) is 7.35. The van der Waals surface area contributed by atoms with Gasteiger partial charge in [0.2, 0.25) is 5.90 Å². The van der Waals surface area contributed by atoms with Crippen molar-refractivity contribution >= 4 is 29.4 Å². The maximum atomic E-state index is 13.1. The third-order valence-electron chi connectivity index (χ3n) is 5.40. The van der Waals surface area contributed by atoms with Crippen LogP contribution in [0.5, 0.6) is 0 Å². The van der Waals surface area contributed by atoms with Crippen molar-refractivity contribution in [2.24, 2.45) is 4.99 Å². The second-order valence-corrected chi connectivity index (χ2v) is 7.61. The zero-order chi connectivity index (χ0) is 21.6. The van der Waals surface area contributed by atoms with Gasteiger partial charge in [0.25, 0.3) is 0 Å². The molecule has 1 aromatic carbocycles. The zero-order valence-corrected chi connectivity index (χ0v) is 18.2. The summed E-state index contributed by atoms with van der Waals surface area (Å²) < 4.78 is 16.9. The fraction of sp³-hybridized carbons (Fsp3) is 0.522. The molecule has 1 aliphatic heterocycles. The molecular weight excluding hydrogens is 406 g/mol. The minimum atomic E-state index is -1.37. The predicted octanol–water partition coefficient (Wildman–Crippen LogP) is 4.30. The van der Waals surface area contributed by atoms with Gasteiger partial charge in [-0.3, -0.25) is 0 Å². The lowest BCUT2D eigenvalue weighted by Gasteiger charge is -2.29. The maximum absolute atomic E-state index is 13.1. The lowest BCUT2D eigenvalue weighted by molar-refractivity contribution is -0.142. The minimum absolute atomic E-state index is 0.0189. The van der Waals surface area contributed by atoms with Crippen molar-refractivity contribution in [1.82, 2.24) is 0 Å². The molecular formula is C23H28ClNO5. The highest BCUT2D eigenvalue weighted by atomic mass is 35.5. The van der Waals surface area contributed by atoms with Crippen molar-refractivity contribution in [3.8, 4) is 0 Å². The Bertz CT molecular complexity index is 829. The summed E-state index contributed by atoms with van der Waals surface area (Å²) in [5, 5.41) is 0. The van der Waals surface area contributed by atoms with Gasteiger partial charge in [0.1, 0.15) is 11.1 Å². The summed E-state index contributed by atoms with van der Waals surface area (Å²) in [7, 11) is 0. The average Bonchev–Trinajstić information content (AvgIpc) is 3.11. The van der Waals surface area contributed by atoms with Gasteiger partial charge in [0, 0.05) is 5.56 Å². The molecule has 1 unspecified atom stereocenters. The van der Waals surface area contributed by atoms with Gasteiger partial charge in [-0.15, -0.1) is 11.6 Å². The molecule has 162 valence electrons. The molecule has 0 bridgehead atoms. The molecule has 0 N–H and O–H groups in total. The van der Waals surface area contributed by atoms with Gasteiger partial charge in [0.05, 0.1) is 25.1 Å². The minimum Gasteiger partial charge on any atom is -0.462 e. The number of rotatable bonds is 7. The molecule has 7 heteroatoms. The third kappa shape index (κ3) is 4.38. The Labute approximate surface area is 182 Å². The molecule has 6 nitrogen and oxygen atoms in total. The highest BCUT2D eigenvalue weighted by Gasteiger charge is 2.54. The van der Waals surface area contributed by atoms with E-state index in [4.69, 9.17) is 30.8 Å². The molecule has 1 saturated carbocycles. The predicted molar refractivity (Wildman–Crippen MR) is 115 cm³/mol. The van der Waals surface area contributed by atoms with Gasteiger partial charge in [0.15, 0.2) is 5.60 Å². The van der Waals surface area contributed by atoms with Crippen molar-refractivity contribution in [3.63, 3.8) is 0 Å². The Morgan fingerprint density at radius 3 is 2.30 bits per heavy atom. The topological polar surface area (TPSA) is 74.2 Å². The summed E-state index contributed by atoms with van der Waals surface area (Å²) in [5.74, 6) is -1.28. The molecule has 0 amide bonds. The first-order chi connectivity index (χ1) is 14.6. The van der Waals surface area contributed by atoms with Gasteiger partial charge >= 0.3 is 11.9 Å². The second kappa shape index (κ2) is 10.1. The van der Waals surface area contributed by atoms with E-state index in [2.05, 4.69) is 0 Å². The summed E-state index contributed by atoms with van der Waals surface area (Å²) in [6, 6.07) is 9.18. The molecule has 3 rings (SSSR count). The van der Waals surface area contributed by atoms with Crippen LogP contribution in [0.1, 0.15) is 51.5 Å². The van der Waals surface area contributed by atoms with Gasteiger partial charge in [-0.25, -0.2) is 14.6 Å². The van der Waals surface area contributed by atoms with Gasteiger partial charge in [-0.2, -0.15) is 0 Å². The number of nitrogens with zero attached hydrogens (tertiary/aromatic N) is 1. The van der Waals surface area contributed by atoms with E-state index >= 15 is 0 Å². The highest BCUT2D eigenvalue weighted by molar-refractivity contribution is 6.26. The van der Waals surface area contributed by atoms with E-state index in [1.807, 2.05) is 30.3 Å². The lowest BCUT2D eigenvalue weighted by Crippen LogP contribution is -2.35.